The zero-order valence-corrected chi connectivity index (χ0v) is 17.9. The maximum Gasteiger partial charge on any atom is 0.254 e. The van der Waals surface area contributed by atoms with E-state index in [-0.39, 0.29) is 0 Å². The lowest BCUT2D eigenvalue weighted by molar-refractivity contribution is 0.324. The molecular formula is C21H21N5O3S. The number of methoxy groups -OCH3 is 3. The number of rotatable bonds is 7. The number of hydrogen-bond acceptors (Lipinski definition) is 8. The van der Waals surface area contributed by atoms with E-state index in [9.17, 15) is 0 Å². The molecule has 0 spiro atoms. The van der Waals surface area contributed by atoms with Crippen LogP contribution < -0.4 is 19.5 Å². The third kappa shape index (κ3) is 3.71. The molecule has 0 radical (unpaired) electrons. The molecule has 2 aromatic carbocycles. The number of nitrogens with one attached hydrogen (secondary N) is 1. The van der Waals surface area contributed by atoms with E-state index in [0.717, 1.165) is 16.9 Å². The Morgan fingerprint density at radius 3 is 2.23 bits per heavy atom. The highest BCUT2D eigenvalue weighted by atomic mass is 32.2. The number of nitrogens with zero attached hydrogens (tertiary/aromatic N) is 4. The van der Waals surface area contributed by atoms with Crippen LogP contribution in [0.25, 0.3) is 17.0 Å². The molecule has 0 saturated carbocycles. The van der Waals surface area contributed by atoms with E-state index in [2.05, 4.69) is 20.4 Å². The summed E-state index contributed by atoms with van der Waals surface area (Å²) in [7, 11) is 4.75. The normalized spacial score (nSPS) is 10.8. The van der Waals surface area contributed by atoms with E-state index in [1.165, 1.54) is 4.90 Å². The van der Waals surface area contributed by atoms with E-state index in [0.29, 0.717) is 29.0 Å². The van der Waals surface area contributed by atoms with Crippen molar-refractivity contribution in [2.45, 2.75) is 4.90 Å². The molecule has 0 saturated heterocycles. The molecule has 2 heterocycles. The van der Waals surface area contributed by atoms with Crippen LogP contribution in [0, 0.1) is 0 Å². The fourth-order valence-corrected chi connectivity index (χ4v) is 3.51. The molecule has 30 heavy (non-hydrogen) atoms. The average Bonchev–Trinajstić information content (AvgIpc) is 3.20. The van der Waals surface area contributed by atoms with Gasteiger partial charge in [0.05, 0.1) is 27.0 Å². The van der Waals surface area contributed by atoms with Crippen molar-refractivity contribution in [3.8, 4) is 28.5 Å². The molecule has 0 aliphatic rings. The second-order valence-electron chi connectivity index (χ2n) is 6.24. The van der Waals surface area contributed by atoms with Gasteiger partial charge in [-0.2, -0.15) is 9.50 Å². The summed E-state index contributed by atoms with van der Waals surface area (Å²) in [4.78, 5) is 10.0. The zero-order valence-electron chi connectivity index (χ0n) is 17.0. The van der Waals surface area contributed by atoms with E-state index < -0.39 is 0 Å². The first-order valence-corrected chi connectivity index (χ1v) is 10.3. The summed E-state index contributed by atoms with van der Waals surface area (Å²) in [6, 6.07) is 13.7. The van der Waals surface area contributed by atoms with Crippen molar-refractivity contribution in [2.75, 3.05) is 32.9 Å². The van der Waals surface area contributed by atoms with Crippen LogP contribution in [0.15, 0.2) is 53.6 Å². The molecular weight excluding hydrogens is 402 g/mol. The van der Waals surface area contributed by atoms with Gasteiger partial charge in [0.2, 0.25) is 11.7 Å². The molecule has 1 N–H and O–H groups in total. The van der Waals surface area contributed by atoms with Gasteiger partial charge in [0.25, 0.3) is 5.78 Å². The molecule has 0 atom stereocenters. The monoisotopic (exact) mass is 423 g/mol. The van der Waals surface area contributed by atoms with Crippen LogP contribution in [-0.2, 0) is 0 Å². The van der Waals surface area contributed by atoms with Crippen LogP contribution in [0.3, 0.4) is 0 Å². The van der Waals surface area contributed by atoms with Crippen molar-refractivity contribution in [2.24, 2.45) is 0 Å². The summed E-state index contributed by atoms with van der Waals surface area (Å²) in [6.07, 6.45) is 3.74. The Morgan fingerprint density at radius 1 is 0.933 bits per heavy atom. The molecule has 0 bridgehead atoms. The number of anilines is 2. The highest BCUT2D eigenvalue weighted by Crippen LogP contribution is 2.41. The molecule has 9 heteroatoms. The molecule has 0 unspecified atom stereocenters. The second kappa shape index (κ2) is 8.50. The minimum Gasteiger partial charge on any atom is -0.493 e. The lowest BCUT2D eigenvalue weighted by Gasteiger charge is -2.14. The van der Waals surface area contributed by atoms with Gasteiger partial charge >= 0.3 is 0 Å². The summed E-state index contributed by atoms with van der Waals surface area (Å²) in [5, 5.41) is 7.82. The lowest BCUT2D eigenvalue weighted by atomic mass is 10.1. The Bertz CT molecular complexity index is 1150. The topological polar surface area (TPSA) is 82.8 Å². The largest absolute Gasteiger partial charge is 0.493 e. The van der Waals surface area contributed by atoms with E-state index in [4.69, 9.17) is 14.2 Å². The number of hydrogen-bond donors (Lipinski definition) is 1. The van der Waals surface area contributed by atoms with Gasteiger partial charge in [-0.1, -0.05) is 0 Å². The van der Waals surface area contributed by atoms with Crippen LogP contribution >= 0.6 is 11.8 Å². The molecule has 0 amide bonds. The van der Waals surface area contributed by atoms with Crippen LogP contribution in [-0.4, -0.2) is 47.2 Å². The van der Waals surface area contributed by atoms with Crippen molar-refractivity contribution in [1.82, 2.24) is 19.6 Å². The fraction of sp³-hybridized carbons (Fsp3) is 0.190. The van der Waals surface area contributed by atoms with E-state index in [1.807, 2.05) is 48.7 Å². The summed E-state index contributed by atoms with van der Waals surface area (Å²) < 4.78 is 18.0. The number of aromatic nitrogens is 4. The number of thioether (sulfide) groups is 1. The van der Waals surface area contributed by atoms with Crippen molar-refractivity contribution in [3.63, 3.8) is 0 Å². The van der Waals surface area contributed by atoms with E-state index in [1.54, 1.807) is 43.8 Å². The first kappa shape index (κ1) is 19.8. The Balaban J connectivity index is 1.75. The minimum absolute atomic E-state index is 0.458. The highest BCUT2D eigenvalue weighted by molar-refractivity contribution is 7.98. The van der Waals surface area contributed by atoms with Gasteiger partial charge < -0.3 is 19.5 Å². The first-order valence-electron chi connectivity index (χ1n) is 9.10. The fourth-order valence-electron chi connectivity index (χ4n) is 3.10. The number of ether oxygens (including phenoxy) is 3. The third-order valence-corrected chi connectivity index (χ3v) is 5.29. The molecule has 4 aromatic rings. The SMILES string of the molecule is COc1cc(-c2ccnc3nc(Nc4ccc(SC)cc4)nn23)cc(OC)c1OC. The standard InChI is InChI=1S/C21H21N5O3S/c1-27-17-11-13(12-18(28-2)19(17)29-3)16-9-10-22-21-24-20(25-26(16)21)23-14-5-7-15(30-4)8-6-14/h5-12H,1-4H3,(H,23,25). The summed E-state index contributed by atoms with van der Waals surface area (Å²) in [6.45, 7) is 0. The minimum atomic E-state index is 0.458. The summed E-state index contributed by atoms with van der Waals surface area (Å²) in [5.74, 6) is 2.58. The van der Waals surface area contributed by atoms with Crippen LogP contribution in [0.5, 0.6) is 17.2 Å². The van der Waals surface area contributed by atoms with Crippen LogP contribution in [0.4, 0.5) is 11.6 Å². The average molecular weight is 423 g/mol. The number of benzene rings is 2. The molecule has 0 aliphatic carbocycles. The maximum atomic E-state index is 5.48. The molecule has 4 rings (SSSR count). The van der Waals surface area contributed by atoms with Gasteiger partial charge in [-0.25, -0.2) is 4.98 Å². The third-order valence-electron chi connectivity index (χ3n) is 4.55. The second-order valence-corrected chi connectivity index (χ2v) is 7.12. The number of fused-ring (bicyclic) bond motifs is 1. The van der Waals surface area contributed by atoms with Gasteiger partial charge in [-0.05, 0) is 48.7 Å². The van der Waals surface area contributed by atoms with Gasteiger partial charge in [0.15, 0.2) is 11.5 Å². The van der Waals surface area contributed by atoms with Crippen molar-refractivity contribution < 1.29 is 14.2 Å². The molecule has 154 valence electrons. The van der Waals surface area contributed by atoms with Crippen molar-refractivity contribution >= 4 is 29.2 Å². The summed E-state index contributed by atoms with van der Waals surface area (Å²) >= 11 is 1.69. The molecule has 0 fully saturated rings. The lowest BCUT2D eigenvalue weighted by Crippen LogP contribution is -1.99. The van der Waals surface area contributed by atoms with Gasteiger partial charge in [-0.15, -0.1) is 16.9 Å². The van der Waals surface area contributed by atoms with E-state index >= 15 is 0 Å². The van der Waals surface area contributed by atoms with Crippen molar-refractivity contribution in [3.05, 3.63) is 48.7 Å². The summed E-state index contributed by atoms with van der Waals surface area (Å²) in [5.41, 5.74) is 2.52. The van der Waals surface area contributed by atoms with Gasteiger partial charge in [0.1, 0.15) is 0 Å². The quantitative estimate of drug-likeness (QED) is 0.441. The highest BCUT2D eigenvalue weighted by Gasteiger charge is 2.17. The zero-order chi connectivity index (χ0) is 21.1. The van der Waals surface area contributed by atoms with Crippen molar-refractivity contribution in [1.29, 1.82) is 0 Å². The Labute approximate surface area is 178 Å². The van der Waals surface area contributed by atoms with Crippen LogP contribution in [0.2, 0.25) is 0 Å². The van der Waals surface area contributed by atoms with Crippen LogP contribution in [0.1, 0.15) is 0 Å². The van der Waals surface area contributed by atoms with Gasteiger partial charge in [-0.3, -0.25) is 0 Å². The first-order chi connectivity index (χ1) is 14.7. The predicted molar refractivity (Wildman–Crippen MR) is 117 cm³/mol. The molecule has 8 nitrogen and oxygen atoms in total. The Hall–Kier alpha value is -3.46. The predicted octanol–water partition coefficient (Wildman–Crippen LogP) is 4.28. The Kier molecular flexibility index (Phi) is 5.62. The molecule has 0 aliphatic heterocycles. The molecule has 2 aromatic heterocycles. The maximum absolute atomic E-state index is 5.48. The van der Waals surface area contributed by atoms with Gasteiger partial charge in [0, 0.05) is 22.3 Å². The smallest absolute Gasteiger partial charge is 0.254 e. The Morgan fingerprint density at radius 2 is 1.63 bits per heavy atom.